The van der Waals surface area contributed by atoms with Crippen molar-refractivity contribution in [2.45, 2.75) is 31.7 Å². The Balaban J connectivity index is 2.38. The second kappa shape index (κ2) is 5.54. The first kappa shape index (κ1) is 15.0. The van der Waals surface area contributed by atoms with Gasteiger partial charge in [0.05, 0.1) is 13.1 Å². The van der Waals surface area contributed by atoms with Gasteiger partial charge in [-0.2, -0.15) is 0 Å². The summed E-state index contributed by atoms with van der Waals surface area (Å²) in [5.41, 5.74) is -0.525. The minimum atomic E-state index is -1.05. The van der Waals surface area contributed by atoms with Gasteiger partial charge in [0, 0.05) is 6.54 Å². The van der Waals surface area contributed by atoms with Crippen molar-refractivity contribution >= 4 is 55.1 Å². The Kier molecular flexibility index (Phi) is 4.37. The van der Waals surface area contributed by atoms with Gasteiger partial charge in [0.25, 0.3) is 5.91 Å². The highest BCUT2D eigenvalue weighted by Gasteiger charge is 2.49. The minimum absolute atomic E-state index is 0.212. The van der Waals surface area contributed by atoms with Crippen molar-refractivity contribution < 1.29 is 14.7 Å². The molecule has 2 heterocycles. The van der Waals surface area contributed by atoms with Crippen LogP contribution in [-0.4, -0.2) is 34.0 Å². The van der Waals surface area contributed by atoms with E-state index in [1.54, 1.807) is 6.07 Å². The predicted molar refractivity (Wildman–Crippen MR) is 80.6 cm³/mol. The standard InChI is InChI=1S/C12H13Br2NO3S/c1-2-12(11(17)18)4-3-5-15(12)10(16)7-6-8(13)19-9(7)14/h6H,2-5H2,1H3,(H,17,18). The summed E-state index contributed by atoms with van der Waals surface area (Å²) in [5, 5.41) is 9.49. The van der Waals surface area contributed by atoms with Gasteiger partial charge in [-0.3, -0.25) is 4.79 Å². The quantitative estimate of drug-likeness (QED) is 0.825. The number of rotatable bonds is 3. The SMILES string of the molecule is CCC1(C(=O)O)CCCN1C(=O)c1cc(Br)sc1Br. The number of halogens is 2. The van der Waals surface area contributed by atoms with Crippen LogP contribution < -0.4 is 0 Å². The fourth-order valence-electron chi connectivity index (χ4n) is 2.55. The molecule has 1 aromatic rings. The van der Waals surface area contributed by atoms with Crippen LogP contribution in [0.25, 0.3) is 0 Å². The summed E-state index contributed by atoms with van der Waals surface area (Å²) in [6, 6.07) is 1.73. The van der Waals surface area contributed by atoms with Gasteiger partial charge in [0.2, 0.25) is 0 Å². The van der Waals surface area contributed by atoms with E-state index in [0.717, 1.165) is 14.0 Å². The maximum atomic E-state index is 12.6. The molecular weight excluding hydrogens is 398 g/mol. The minimum Gasteiger partial charge on any atom is -0.479 e. The molecular formula is C12H13Br2NO3S. The smallest absolute Gasteiger partial charge is 0.329 e. The zero-order valence-corrected chi connectivity index (χ0v) is 14.3. The second-order valence-corrected chi connectivity index (χ2v) is 8.24. The molecule has 0 radical (unpaired) electrons. The van der Waals surface area contributed by atoms with E-state index in [9.17, 15) is 14.7 Å². The summed E-state index contributed by atoms with van der Waals surface area (Å²) in [4.78, 5) is 25.7. The molecule has 1 N–H and O–H groups in total. The molecule has 1 amide bonds. The molecule has 2 rings (SSSR count). The molecule has 104 valence electrons. The molecule has 1 fully saturated rings. The predicted octanol–water partition coefficient (Wildman–Crippen LogP) is 3.74. The Bertz CT molecular complexity index is 531. The fraction of sp³-hybridized carbons (Fsp3) is 0.500. The lowest BCUT2D eigenvalue weighted by Crippen LogP contribution is -2.52. The van der Waals surface area contributed by atoms with Gasteiger partial charge in [0.15, 0.2) is 0 Å². The second-order valence-electron chi connectivity index (χ2n) is 4.49. The molecule has 7 heteroatoms. The van der Waals surface area contributed by atoms with Crippen LogP contribution >= 0.6 is 43.2 Å². The number of carbonyl (C=O) groups excluding carboxylic acids is 1. The maximum absolute atomic E-state index is 12.6. The van der Waals surface area contributed by atoms with Gasteiger partial charge < -0.3 is 10.0 Å². The number of likely N-dealkylation sites (tertiary alicyclic amines) is 1. The van der Waals surface area contributed by atoms with Crippen LogP contribution in [-0.2, 0) is 4.79 Å². The van der Waals surface area contributed by atoms with Crippen LogP contribution in [0, 0.1) is 0 Å². The van der Waals surface area contributed by atoms with Crippen molar-refractivity contribution in [1.82, 2.24) is 4.90 Å². The summed E-state index contributed by atoms with van der Waals surface area (Å²) in [6.45, 7) is 2.32. The highest BCUT2D eigenvalue weighted by Crippen LogP contribution is 2.38. The molecule has 0 bridgehead atoms. The van der Waals surface area contributed by atoms with E-state index in [0.29, 0.717) is 24.9 Å². The van der Waals surface area contributed by atoms with Crippen molar-refractivity contribution in [3.05, 3.63) is 19.2 Å². The first-order valence-electron chi connectivity index (χ1n) is 5.92. The van der Waals surface area contributed by atoms with E-state index in [1.165, 1.54) is 16.2 Å². The summed E-state index contributed by atoms with van der Waals surface area (Å²) in [5.74, 6) is -1.12. The van der Waals surface area contributed by atoms with Gasteiger partial charge in [-0.15, -0.1) is 11.3 Å². The van der Waals surface area contributed by atoms with Crippen molar-refractivity contribution in [2.75, 3.05) is 6.54 Å². The third-order valence-electron chi connectivity index (χ3n) is 3.60. The van der Waals surface area contributed by atoms with Gasteiger partial charge in [-0.05, 0) is 57.2 Å². The summed E-state index contributed by atoms with van der Waals surface area (Å²) < 4.78 is 1.58. The summed E-state index contributed by atoms with van der Waals surface area (Å²) >= 11 is 8.10. The molecule has 19 heavy (non-hydrogen) atoms. The lowest BCUT2D eigenvalue weighted by atomic mass is 9.92. The average molecular weight is 411 g/mol. The zero-order chi connectivity index (χ0) is 14.2. The van der Waals surface area contributed by atoms with Gasteiger partial charge >= 0.3 is 5.97 Å². The Morgan fingerprint density at radius 3 is 2.68 bits per heavy atom. The Labute approximate surface area is 132 Å². The number of nitrogens with zero attached hydrogens (tertiary/aromatic N) is 1. The van der Waals surface area contributed by atoms with Gasteiger partial charge in [-0.1, -0.05) is 6.92 Å². The van der Waals surface area contributed by atoms with Crippen molar-refractivity contribution in [3.8, 4) is 0 Å². The molecule has 0 spiro atoms. The average Bonchev–Trinajstić information content (AvgIpc) is 2.92. The van der Waals surface area contributed by atoms with E-state index in [1.807, 2.05) is 6.92 Å². The van der Waals surface area contributed by atoms with Crippen LogP contribution in [0.1, 0.15) is 36.5 Å². The number of carboxylic acid groups (broad SMARTS) is 1. The topological polar surface area (TPSA) is 57.6 Å². The molecule has 1 aromatic heterocycles. The first-order chi connectivity index (χ1) is 8.92. The summed E-state index contributed by atoms with van der Waals surface area (Å²) in [7, 11) is 0. The highest BCUT2D eigenvalue weighted by molar-refractivity contribution is 9.12. The highest BCUT2D eigenvalue weighted by atomic mass is 79.9. The molecule has 0 aliphatic carbocycles. The van der Waals surface area contributed by atoms with Crippen molar-refractivity contribution in [2.24, 2.45) is 0 Å². The number of aliphatic carboxylic acids is 1. The van der Waals surface area contributed by atoms with E-state index in [4.69, 9.17) is 0 Å². The molecule has 0 aromatic carbocycles. The largest absolute Gasteiger partial charge is 0.479 e. The van der Waals surface area contributed by atoms with Crippen LogP contribution in [0.4, 0.5) is 0 Å². The Hall–Kier alpha value is -0.400. The Morgan fingerprint density at radius 2 is 2.21 bits per heavy atom. The molecule has 1 saturated heterocycles. The number of hydrogen-bond donors (Lipinski definition) is 1. The van der Waals surface area contributed by atoms with Gasteiger partial charge in [-0.25, -0.2) is 4.79 Å². The van der Waals surface area contributed by atoms with Crippen molar-refractivity contribution in [3.63, 3.8) is 0 Å². The van der Waals surface area contributed by atoms with Crippen LogP contribution in [0.15, 0.2) is 13.6 Å². The van der Waals surface area contributed by atoms with E-state index in [-0.39, 0.29) is 5.91 Å². The van der Waals surface area contributed by atoms with Crippen LogP contribution in [0.3, 0.4) is 0 Å². The van der Waals surface area contributed by atoms with Gasteiger partial charge in [0.1, 0.15) is 5.54 Å². The monoisotopic (exact) mass is 409 g/mol. The molecule has 1 aliphatic heterocycles. The number of amides is 1. The van der Waals surface area contributed by atoms with Crippen LogP contribution in [0.5, 0.6) is 0 Å². The molecule has 1 atom stereocenters. The summed E-state index contributed by atoms with van der Waals surface area (Å²) in [6.07, 6.45) is 1.68. The fourth-order valence-corrected chi connectivity index (χ4v) is 5.32. The maximum Gasteiger partial charge on any atom is 0.329 e. The normalized spacial score (nSPS) is 22.8. The third kappa shape index (κ3) is 2.48. The molecule has 4 nitrogen and oxygen atoms in total. The third-order valence-corrected chi connectivity index (χ3v) is 5.94. The molecule has 1 unspecified atom stereocenters. The lowest BCUT2D eigenvalue weighted by Gasteiger charge is -2.33. The first-order valence-corrected chi connectivity index (χ1v) is 8.33. The number of thiophene rings is 1. The van der Waals surface area contributed by atoms with E-state index >= 15 is 0 Å². The number of carboxylic acids is 1. The molecule has 0 saturated carbocycles. The lowest BCUT2D eigenvalue weighted by molar-refractivity contribution is -0.148. The number of hydrogen-bond acceptors (Lipinski definition) is 3. The zero-order valence-electron chi connectivity index (χ0n) is 10.3. The Morgan fingerprint density at radius 1 is 1.53 bits per heavy atom. The van der Waals surface area contributed by atoms with E-state index < -0.39 is 11.5 Å². The number of carbonyl (C=O) groups is 2. The van der Waals surface area contributed by atoms with E-state index in [2.05, 4.69) is 31.9 Å². The molecule has 1 aliphatic rings. The van der Waals surface area contributed by atoms with Crippen molar-refractivity contribution in [1.29, 1.82) is 0 Å². The van der Waals surface area contributed by atoms with Crippen LogP contribution in [0.2, 0.25) is 0 Å².